The fourth-order valence-electron chi connectivity index (χ4n) is 1.79. The largest absolute Gasteiger partial charge is 0.396 e. The molecule has 2 nitrogen and oxygen atoms in total. The SMILES string of the molecule is CCC(C)CC(C)NCCCCCCO. The van der Waals surface area contributed by atoms with Crippen LogP contribution in [0, 0.1) is 5.92 Å². The molecule has 0 aromatic rings. The van der Waals surface area contributed by atoms with Crippen LogP contribution in [0.5, 0.6) is 0 Å². The second-order valence-corrected chi connectivity index (χ2v) is 4.74. The molecule has 0 saturated heterocycles. The van der Waals surface area contributed by atoms with E-state index in [0.29, 0.717) is 12.6 Å². The van der Waals surface area contributed by atoms with Crippen molar-refractivity contribution in [3.8, 4) is 0 Å². The van der Waals surface area contributed by atoms with E-state index in [4.69, 9.17) is 5.11 Å². The van der Waals surface area contributed by atoms with Crippen molar-refractivity contribution >= 4 is 0 Å². The van der Waals surface area contributed by atoms with Crippen molar-refractivity contribution in [3.63, 3.8) is 0 Å². The van der Waals surface area contributed by atoms with Crippen LogP contribution in [0.25, 0.3) is 0 Å². The van der Waals surface area contributed by atoms with Crippen molar-refractivity contribution < 1.29 is 5.11 Å². The summed E-state index contributed by atoms with van der Waals surface area (Å²) >= 11 is 0. The summed E-state index contributed by atoms with van der Waals surface area (Å²) < 4.78 is 0. The van der Waals surface area contributed by atoms with Gasteiger partial charge in [0.2, 0.25) is 0 Å². The van der Waals surface area contributed by atoms with Crippen molar-refractivity contribution in [3.05, 3.63) is 0 Å². The van der Waals surface area contributed by atoms with E-state index >= 15 is 0 Å². The van der Waals surface area contributed by atoms with E-state index in [-0.39, 0.29) is 0 Å². The minimum absolute atomic E-state index is 0.345. The maximum Gasteiger partial charge on any atom is 0.0431 e. The van der Waals surface area contributed by atoms with Crippen LogP contribution in [0.2, 0.25) is 0 Å². The Morgan fingerprint density at radius 1 is 1.07 bits per heavy atom. The molecule has 0 aromatic carbocycles. The molecule has 2 atom stereocenters. The zero-order chi connectivity index (χ0) is 11.5. The molecule has 0 fully saturated rings. The third-order valence-corrected chi connectivity index (χ3v) is 3.03. The molecule has 15 heavy (non-hydrogen) atoms. The molecule has 0 aliphatic rings. The van der Waals surface area contributed by atoms with E-state index < -0.39 is 0 Å². The Hall–Kier alpha value is -0.0800. The zero-order valence-electron chi connectivity index (χ0n) is 10.8. The van der Waals surface area contributed by atoms with E-state index in [1.807, 2.05) is 0 Å². The minimum Gasteiger partial charge on any atom is -0.396 e. The van der Waals surface area contributed by atoms with Crippen molar-refractivity contribution in [2.24, 2.45) is 5.92 Å². The molecule has 0 rings (SSSR count). The number of aliphatic hydroxyl groups is 1. The van der Waals surface area contributed by atoms with Crippen molar-refractivity contribution in [2.75, 3.05) is 13.2 Å². The Balaban J connectivity index is 3.20. The van der Waals surface area contributed by atoms with E-state index in [2.05, 4.69) is 26.1 Å². The molecular weight excluding hydrogens is 186 g/mol. The quantitative estimate of drug-likeness (QED) is 0.549. The number of rotatable bonds is 10. The molecule has 0 radical (unpaired) electrons. The van der Waals surface area contributed by atoms with Crippen molar-refractivity contribution in [2.45, 2.75) is 65.3 Å². The summed E-state index contributed by atoms with van der Waals surface area (Å²) in [6, 6.07) is 0.651. The molecule has 2 unspecified atom stereocenters. The molecule has 2 heteroatoms. The third-order valence-electron chi connectivity index (χ3n) is 3.03. The first-order valence-corrected chi connectivity index (χ1v) is 6.55. The maximum absolute atomic E-state index is 8.62. The lowest BCUT2D eigenvalue weighted by molar-refractivity contribution is 0.282. The van der Waals surface area contributed by atoms with Gasteiger partial charge in [0.25, 0.3) is 0 Å². The normalized spacial score (nSPS) is 15.2. The second-order valence-electron chi connectivity index (χ2n) is 4.74. The van der Waals surface area contributed by atoms with Crippen LogP contribution in [0.4, 0.5) is 0 Å². The molecule has 0 heterocycles. The second kappa shape index (κ2) is 10.4. The number of hydrogen-bond donors (Lipinski definition) is 2. The maximum atomic E-state index is 8.62. The molecule has 92 valence electrons. The molecule has 0 aliphatic heterocycles. The summed E-state index contributed by atoms with van der Waals surface area (Å²) in [5.74, 6) is 0.835. The summed E-state index contributed by atoms with van der Waals surface area (Å²) in [5, 5.41) is 12.2. The highest BCUT2D eigenvalue weighted by atomic mass is 16.2. The first-order chi connectivity index (χ1) is 7.20. The van der Waals surface area contributed by atoms with Crippen LogP contribution in [0.3, 0.4) is 0 Å². The minimum atomic E-state index is 0.345. The van der Waals surface area contributed by atoms with Crippen LogP contribution in [-0.2, 0) is 0 Å². The van der Waals surface area contributed by atoms with Crippen LogP contribution < -0.4 is 5.32 Å². The van der Waals surface area contributed by atoms with Crippen LogP contribution in [0.15, 0.2) is 0 Å². The Morgan fingerprint density at radius 2 is 1.73 bits per heavy atom. The lowest BCUT2D eigenvalue weighted by Crippen LogP contribution is -2.28. The van der Waals surface area contributed by atoms with E-state index in [1.54, 1.807) is 0 Å². The van der Waals surface area contributed by atoms with Gasteiger partial charge in [-0.1, -0.05) is 33.1 Å². The fourth-order valence-corrected chi connectivity index (χ4v) is 1.79. The summed E-state index contributed by atoms with van der Waals surface area (Å²) in [6.45, 7) is 8.33. The van der Waals surface area contributed by atoms with Gasteiger partial charge in [0.15, 0.2) is 0 Å². The predicted octanol–water partition coefficient (Wildman–Crippen LogP) is 2.95. The standard InChI is InChI=1S/C13H29NO/c1-4-12(2)11-13(3)14-9-7-5-6-8-10-15/h12-15H,4-11H2,1-3H3. The number of nitrogens with one attached hydrogen (secondary N) is 1. The van der Waals surface area contributed by atoms with Crippen LogP contribution in [-0.4, -0.2) is 24.3 Å². The molecular formula is C13H29NO. The monoisotopic (exact) mass is 215 g/mol. The van der Waals surface area contributed by atoms with Gasteiger partial charge in [-0.05, 0) is 38.6 Å². The summed E-state index contributed by atoms with van der Waals surface area (Å²) in [4.78, 5) is 0. The van der Waals surface area contributed by atoms with Crippen molar-refractivity contribution in [1.82, 2.24) is 5.32 Å². The van der Waals surface area contributed by atoms with Gasteiger partial charge >= 0.3 is 0 Å². The van der Waals surface area contributed by atoms with Gasteiger partial charge in [-0.25, -0.2) is 0 Å². The van der Waals surface area contributed by atoms with Crippen molar-refractivity contribution in [1.29, 1.82) is 0 Å². The smallest absolute Gasteiger partial charge is 0.0431 e. The molecule has 0 amide bonds. The summed E-state index contributed by atoms with van der Waals surface area (Å²) in [6.07, 6.45) is 7.17. The van der Waals surface area contributed by atoms with Gasteiger partial charge in [0.1, 0.15) is 0 Å². The van der Waals surface area contributed by atoms with Gasteiger partial charge in [-0.2, -0.15) is 0 Å². The molecule has 0 aliphatic carbocycles. The number of aliphatic hydroxyl groups excluding tert-OH is 1. The van der Waals surface area contributed by atoms with Gasteiger partial charge in [-0.3, -0.25) is 0 Å². The predicted molar refractivity (Wildman–Crippen MR) is 67.1 cm³/mol. The highest BCUT2D eigenvalue weighted by molar-refractivity contribution is 4.64. The summed E-state index contributed by atoms with van der Waals surface area (Å²) in [7, 11) is 0. The Morgan fingerprint density at radius 3 is 2.33 bits per heavy atom. The molecule has 0 saturated carbocycles. The topological polar surface area (TPSA) is 32.3 Å². The number of unbranched alkanes of at least 4 members (excludes halogenated alkanes) is 3. The van der Waals surface area contributed by atoms with E-state index in [9.17, 15) is 0 Å². The first kappa shape index (κ1) is 14.9. The number of hydrogen-bond acceptors (Lipinski definition) is 2. The molecule has 0 bridgehead atoms. The average molecular weight is 215 g/mol. The molecule has 0 spiro atoms. The average Bonchev–Trinajstić information content (AvgIpc) is 2.23. The highest BCUT2D eigenvalue weighted by Crippen LogP contribution is 2.09. The molecule has 0 aromatic heterocycles. The summed E-state index contributed by atoms with van der Waals surface area (Å²) in [5.41, 5.74) is 0. The molecule has 2 N–H and O–H groups in total. The lowest BCUT2D eigenvalue weighted by Gasteiger charge is -2.17. The Labute approximate surface area is 95.5 Å². The van der Waals surface area contributed by atoms with E-state index in [0.717, 1.165) is 25.3 Å². The first-order valence-electron chi connectivity index (χ1n) is 6.55. The van der Waals surface area contributed by atoms with E-state index in [1.165, 1.54) is 25.7 Å². The Bertz CT molecular complexity index is 128. The Kier molecular flexibility index (Phi) is 10.4. The fraction of sp³-hybridized carbons (Fsp3) is 1.00. The lowest BCUT2D eigenvalue weighted by atomic mass is 10.0. The van der Waals surface area contributed by atoms with Gasteiger partial charge < -0.3 is 10.4 Å². The third kappa shape index (κ3) is 10.2. The van der Waals surface area contributed by atoms with Gasteiger partial charge in [0.05, 0.1) is 0 Å². The van der Waals surface area contributed by atoms with Crippen LogP contribution in [0.1, 0.15) is 59.3 Å². The van der Waals surface area contributed by atoms with Gasteiger partial charge in [-0.15, -0.1) is 0 Å². The van der Waals surface area contributed by atoms with Gasteiger partial charge in [0, 0.05) is 12.6 Å². The highest BCUT2D eigenvalue weighted by Gasteiger charge is 2.05. The zero-order valence-corrected chi connectivity index (χ0v) is 10.8. The van der Waals surface area contributed by atoms with Crippen LogP contribution >= 0.6 is 0 Å².